The molecule has 17 heavy (non-hydrogen) atoms. The molecule has 0 fully saturated rings. The van der Waals surface area contributed by atoms with E-state index in [4.69, 9.17) is 5.84 Å². The van der Waals surface area contributed by atoms with Crippen LogP contribution in [0.1, 0.15) is 29.7 Å². The van der Waals surface area contributed by atoms with Gasteiger partial charge < -0.3 is 0 Å². The first kappa shape index (κ1) is 11.8. The number of nitrogens with two attached hydrogens (primary N) is 1. The van der Waals surface area contributed by atoms with Gasteiger partial charge in [0, 0.05) is 0 Å². The molecule has 2 rings (SSSR count). The van der Waals surface area contributed by atoms with Gasteiger partial charge in [-0.1, -0.05) is 61.5 Å². The van der Waals surface area contributed by atoms with Crippen molar-refractivity contribution in [1.82, 2.24) is 5.43 Å². The van der Waals surface area contributed by atoms with Gasteiger partial charge in [-0.25, -0.2) is 5.43 Å². The molecule has 2 nitrogen and oxygen atoms in total. The van der Waals surface area contributed by atoms with Gasteiger partial charge in [-0.15, -0.1) is 0 Å². The van der Waals surface area contributed by atoms with Crippen molar-refractivity contribution in [3.05, 3.63) is 71.3 Å². The molecule has 3 N–H and O–H groups in total. The van der Waals surface area contributed by atoms with E-state index in [9.17, 15) is 0 Å². The third kappa shape index (κ3) is 2.54. The lowest BCUT2D eigenvalue weighted by atomic mass is 9.94. The summed E-state index contributed by atoms with van der Waals surface area (Å²) < 4.78 is 0. The predicted octanol–water partition coefficient (Wildman–Crippen LogP) is 2.80. The normalized spacial score (nSPS) is 12.4. The van der Waals surface area contributed by atoms with Crippen molar-refractivity contribution in [2.45, 2.75) is 19.4 Å². The molecular weight excluding hydrogens is 208 g/mol. The fraction of sp³-hybridized carbons (Fsp3) is 0.200. The summed E-state index contributed by atoms with van der Waals surface area (Å²) in [5.41, 5.74) is 6.69. The Morgan fingerprint density at radius 1 is 1.00 bits per heavy atom. The van der Waals surface area contributed by atoms with Crippen LogP contribution in [-0.4, -0.2) is 0 Å². The zero-order valence-electron chi connectivity index (χ0n) is 10.1. The van der Waals surface area contributed by atoms with E-state index < -0.39 is 0 Å². The summed E-state index contributed by atoms with van der Waals surface area (Å²) in [6.07, 6.45) is 1.02. The van der Waals surface area contributed by atoms with Crippen LogP contribution in [0, 0.1) is 0 Å². The van der Waals surface area contributed by atoms with Crippen LogP contribution in [0.5, 0.6) is 0 Å². The quantitative estimate of drug-likeness (QED) is 0.621. The molecule has 0 aliphatic heterocycles. The number of aryl methyl sites for hydroxylation is 1. The van der Waals surface area contributed by atoms with Gasteiger partial charge in [-0.2, -0.15) is 0 Å². The second kappa shape index (κ2) is 5.62. The Morgan fingerprint density at radius 2 is 1.65 bits per heavy atom. The van der Waals surface area contributed by atoms with Crippen molar-refractivity contribution in [1.29, 1.82) is 0 Å². The van der Waals surface area contributed by atoms with Crippen molar-refractivity contribution in [3.8, 4) is 0 Å². The van der Waals surface area contributed by atoms with Crippen LogP contribution in [0.4, 0.5) is 0 Å². The fourth-order valence-electron chi connectivity index (χ4n) is 2.15. The van der Waals surface area contributed by atoms with Crippen LogP contribution in [0.3, 0.4) is 0 Å². The van der Waals surface area contributed by atoms with Crippen molar-refractivity contribution in [2.75, 3.05) is 0 Å². The average Bonchev–Trinajstić information content (AvgIpc) is 2.41. The van der Waals surface area contributed by atoms with Gasteiger partial charge in [0.15, 0.2) is 0 Å². The summed E-state index contributed by atoms with van der Waals surface area (Å²) in [6.45, 7) is 2.16. The second-order valence-corrected chi connectivity index (χ2v) is 4.06. The molecule has 2 heteroatoms. The monoisotopic (exact) mass is 226 g/mol. The maximum absolute atomic E-state index is 5.71. The molecule has 1 unspecified atom stereocenters. The van der Waals surface area contributed by atoms with E-state index >= 15 is 0 Å². The predicted molar refractivity (Wildman–Crippen MR) is 71.4 cm³/mol. The molecule has 2 aromatic carbocycles. The first-order valence-corrected chi connectivity index (χ1v) is 5.95. The lowest BCUT2D eigenvalue weighted by molar-refractivity contribution is 0.631. The molecule has 0 spiro atoms. The van der Waals surface area contributed by atoms with Gasteiger partial charge in [-0.3, -0.25) is 5.84 Å². The number of hydrazine groups is 1. The lowest BCUT2D eigenvalue weighted by Crippen LogP contribution is -2.29. The van der Waals surface area contributed by atoms with Crippen molar-refractivity contribution < 1.29 is 0 Å². The molecule has 0 saturated carbocycles. The fourth-order valence-corrected chi connectivity index (χ4v) is 2.15. The smallest absolute Gasteiger partial charge is 0.0712 e. The number of nitrogens with one attached hydrogen (secondary N) is 1. The van der Waals surface area contributed by atoms with Gasteiger partial charge in [0.25, 0.3) is 0 Å². The molecule has 0 bridgehead atoms. The van der Waals surface area contributed by atoms with Gasteiger partial charge >= 0.3 is 0 Å². The second-order valence-electron chi connectivity index (χ2n) is 4.06. The molecule has 2 aromatic rings. The van der Waals surface area contributed by atoms with Crippen LogP contribution in [0.15, 0.2) is 54.6 Å². The topological polar surface area (TPSA) is 38.0 Å². The Balaban J connectivity index is 2.42. The van der Waals surface area contributed by atoms with Gasteiger partial charge in [0.05, 0.1) is 6.04 Å². The zero-order valence-corrected chi connectivity index (χ0v) is 10.1. The van der Waals surface area contributed by atoms with Crippen molar-refractivity contribution in [2.24, 2.45) is 5.84 Å². The molecule has 0 amide bonds. The van der Waals surface area contributed by atoms with E-state index in [1.165, 1.54) is 16.7 Å². The molecule has 88 valence electrons. The maximum atomic E-state index is 5.71. The van der Waals surface area contributed by atoms with E-state index in [0.717, 1.165) is 6.42 Å². The van der Waals surface area contributed by atoms with E-state index in [1.54, 1.807) is 0 Å². The van der Waals surface area contributed by atoms with Crippen molar-refractivity contribution >= 4 is 0 Å². The van der Waals surface area contributed by atoms with Gasteiger partial charge in [0.2, 0.25) is 0 Å². The van der Waals surface area contributed by atoms with Crippen molar-refractivity contribution in [3.63, 3.8) is 0 Å². The summed E-state index contributed by atoms with van der Waals surface area (Å²) in [5, 5.41) is 0. The van der Waals surface area contributed by atoms with Crippen LogP contribution in [0.25, 0.3) is 0 Å². The van der Waals surface area contributed by atoms with E-state index in [2.05, 4.69) is 48.7 Å². The summed E-state index contributed by atoms with van der Waals surface area (Å²) >= 11 is 0. The first-order valence-electron chi connectivity index (χ1n) is 5.95. The summed E-state index contributed by atoms with van der Waals surface area (Å²) in [4.78, 5) is 0. The van der Waals surface area contributed by atoms with Gasteiger partial charge in [0.1, 0.15) is 0 Å². The zero-order chi connectivity index (χ0) is 12.1. The van der Waals surface area contributed by atoms with Crippen LogP contribution < -0.4 is 11.3 Å². The third-order valence-electron chi connectivity index (χ3n) is 3.05. The SMILES string of the molecule is CCc1ccccc1C(NN)c1ccccc1. The van der Waals surface area contributed by atoms with Crippen LogP contribution in [0.2, 0.25) is 0 Å². The standard InChI is InChI=1S/C15H18N2/c1-2-12-8-6-7-11-14(12)15(17-16)13-9-4-3-5-10-13/h3-11,15,17H,2,16H2,1H3. The molecule has 0 aliphatic carbocycles. The van der Waals surface area contributed by atoms with E-state index in [1.807, 2.05) is 18.2 Å². The van der Waals surface area contributed by atoms with Crippen LogP contribution >= 0.6 is 0 Å². The summed E-state index contributed by atoms with van der Waals surface area (Å²) in [6, 6.07) is 18.8. The lowest BCUT2D eigenvalue weighted by Gasteiger charge is -2.19. The summed E-state index contributed by atoms with van der Waals surface area (Å²) in [5.74, 6) is 5.71. The Bertz CT molecular complexity index is 465. The van der Waals surface area contributed by atoms with E-state index in [-0.39, 0.29) is 6.04 Å². The van der Waals surface area contributed by atoms with Gasteiger partial charge in [-0.05, 0) is 23.1 Å². The Morgan fingerprint density at radius 3 is 2.29 bits per heavy atom. The maximum Gasteiger partial charge on any atom is 0.0712 e. The minimum atomic E-state index is 0.0624. The highest BCUT2D eigenvalue weighted by molar-refractivity contribution is 5.37. The molecule has 1 atom stereocenters. The number of benzene rings is 2. The Hall–Kier alpha value is -1.64. The number of hydrogen-bond acceptors (Lipinski definition) is 2. The molecule has 0 aliphatic rings. The minimum absolute atomic E-state index is 0.0624. The van der Waals surface area contributed by atoms with E-state index in [0.29, 0.717) is 0 Å². The molecule has 0 heterocycles. The largest absolute Gasteiger partial charge is 0.271 e. The minimum Gasteiger partial charge on any atom is -0.271 e. The summed E-state index contributed by atoms with van der Waals surface area (Å²) in [7, 11) is 0. The molecule has 0 saturated heterocycles. The van der Waals surface area contributed by atoms with Crippen LogP contribution in [-0.2, 0) is 6.42 Å². The Kier molecular flexibility index (Phi) is 3.91. The molecule has 0 aromatic heterocycles. The number of rotatable bonds is 4. The highest BCUT2D eigenvalue weighted by Gasteiger charge is 2.14. The third-order valence-corrected chi connectivity index (χ3v) is 3.05. The number of hydrogen-bond donors (Lipinski definition) is 2. The molecule has 0 radical (unpaired) electrons. The molecular formula is C15H18N2. The Labute approximate surface area is 102 Å². The highest BCUT2D eigenvalue weighted by atomic mass is 15.2. The average molecular weight is 226 g/mol. The first-order chi connectivity index (χ1) is 8.36. The highest BCUT2D eigenvalue weighted by Crippen LogP contribution is 2.24.